The Bertz CT molecular complexity index is 1100. The van der Waals surface area contributed by atoms with Crippen LogP contribution >= 0.6 is 0 Å². The zero-order valence-corrected chi connectivity index (χ0v) is 22.9. The van der Waals surface area contributed by atoms with Gasteiger partial charge in [0.25, 0.3) is 0 Å². The largest absolute Gasteiger partial charge is 0.497 e. The number of urea groups is 1. The number of imide groups is 2. The number of ether oxygens (including phenoxy) is 1. The first-order valence-corrected chi connectivity index (χ1v) is 13.2. The minimum atomic E-state index is -1.87. The number of methoxy groups -OCH3 is 1. The monoisotopic (exact) mass is 563 g/mol. The highest BCUT2D eigenvalue weighted by Gasteiger charge is 2.59. The van der Waals surface area contributed by atoms with E-state index in [1.54, 1.807) is 7.11 Å². The summed E-state index contributed by atoms with van der Waals surface area (Å²) in [5.74, 6) is -5.76. The van der Waals surface area contributed by atoms with Crippen LogP contribution in [0.25, 0.3) is 0 Å². The molecule has 13 heteroatoms. The molecule has 1 aromatic carbocycles. The number of barbiturate groups is 1. The Kier molecular flexibility index (Phi) is 11.6. The van der Waals surface area contributed by atoms with Gasteiger partial charge in [-0.2, -0.15) is 0 Å². The maximum Gasteiger partial charge on any atom is 0.335 e. The summed E-state index contributed by atoms with van der Waals surface area (Å²) in [6.45, 7) is 4.12. The van der Waals surface area contributed by atoms with E-state index in [-0.39, 0.29) is 19.3 Å². The van der Waals surface area contributed by atoms with Crippen molar-refractivity contribution in [2.45, 2.75) is 77.4 Å². The van der Waals surface area contributed by atoms with E-state index >= 15 is 0 Å². The lowest BCUT2D eigenvalue weighted by atomic mass is 9.77. The van der Waals surface area contributed by atoms with Gasteiger partial charge in [-0.1, -0.05) is 26.0 Å². The molecule has 0 unspecified atom stereocenters. The van der Waals surface area contributed by atoms with Crippen LogP contribution < -0.4 is 10.1 Å². The van der Waals surface area contributed by atoms with Crippen LogP contribution in [-0.4, -0.2) is 86.6 Å². The lowest BCUT2D eigenvalue weighted by Gasteiger charge is -2.46. The fourth-order valence-corrected chi connectivity index (χ4v) is 4.80. The predicted molar refractivity (Wildman–Crippen MR) is 140 cm³/mol. The van der Waals surface area contributed by atoms with Crippen LogP contribution in [-0.2, 0) is 30.5 Å². The van der Waals surface area contributed by atoms with Gasteiger partial charge in [-0.25, -0.2) is 24.2 Å². The highest BCUT2D eigenvalue weighted by molar-refractivity contribution is 6.21. The molecule has 1 aromatic rings. The highest BCUT2D eigenvalue weighted by Crippen LogP contribution is 2.39. The number of carbonyl (C=O) groups excluding carboxylic acids is 3. The smallest absolute Gasteiger partial charge is 0.335 e. The third kappa shape index (κ3) is 7.14. The molecule has 1 saturated heterocycles. The lowest BCUT2D eigenvalue weighted by Crippen LogP contribution is -2.70. The summed E-state index contributed by atoms with van der Waals surface area (Å²) in [6.07, 6.45) is -0.741. The zero-order valence-electron chi connectivity index (χ0n) is 22.9. The van der Waals surface area contributed by atoms with Crippen molar-refractivity contribution in [3.8, 4) is 5.75 Å². The van der Waals surface area contributed by atoms with Gasteiger partial charge < -0.3 is 25.4 Å². The van der Waals surface area contributed by atoms with Crippen LogP contribution in [0.4, 0.5) is 4.79 Å². The number of carboxylic acids is 3. The van der Waals surface area contributed by atoms with Crippen molar-refractivity contribution in [2.24, 2.45) is 5.41 Å². The fourth-order valence-electron chi connectivity index (χ4n) is 4.80. The second-order valence-electron chi connectivity index (χ2n) is 9.58. The van der Waals surface area contributed by atoms with Crippen LogP contribution in [0.15, 0.2) is 24.3 Å². The summed E-state index contributed by atoms with van der Waals surface area (Å²) in [5.41, 5.74) is -0.830. The summed E-state index contributed by atoms with van der Waals surface area (Å²) in [6, 6.07) is 2.60. The van der Waals surface area contributed by atoms with Gasteiger partial charge in [0.1, 0.15) is 23.2 Å². The average molecular weight is 564 g/mol. The van der Waals surface area contributed by atoms with Crippen LogP contribution in [0.1, 0.15) is 64.4 Å². The quantitative estimate of drug-likeness (QED) is 0.161. The van der Waals surface area contributed by atoms with Crippen molar-refractivity contribution >= 4 is 35.8 Å². The van der Waals surface area contributed by atoms with Crippen molar-refractivity contribution in [3.63, 3.8) is 0 Å². The molecule has 1 heterocycles. The Morgan fingerprint density at radius 3 is 1.85 bits per heavy atom. The molecule has 4 N–H and O–H groups in total. The van der Waals surface area contributed by atoms with Gasteiger partial charge in [0.2, 0.25) is 11.8 Å². The minimum Gasteiger partial charge on any atom is -0.497 e. The normalized spacial score (nSPS) is 16.5. The van der Waals surface area contributed by atoms with Crippen LogP contribution in [0.5, 0.6) is 5.75 Å². The van der Waals surface area contributed by atoms with Gasteiger partial charge in [-0.15, -0.1) is 0 Å². The molecular weight excluding hydrogens is 526 g/mol. The van der Waals surface area contributed by atoms with Gasteiger partial charge in [0.15, 0.2) is 0 Å². The molecule has 2 rings (SSSR count). The highest BCUT2D eigenvalue weighted by atomic mass is 16.5. The maximum atomic E-state index is 13.5. The van der Waals surface area contributed by atoms with Crippen molar-refractivity contribution in [1.82, 2.24) is 15.1 Å². The molecule has 0 saturated carbocycles. The second-order valence-corrected chi connectivity index (χ2v) is 9.58. The first-order valence-electron chi connectivity index (χ1n) is 13.2. The lowest BCUT2D eigenvalue weighted by molar-refractivity contribution is -0.170. The van der Waals surface area contributed by atoms with E-state index in [0.29, 0.717) is 35.7 Å². The predicted octanol–water partition coefficient (Wildman–Crippen LogP) is 2.32. The molecule has 4 amide bonds. The van der Waals surface area contributed by atoms with Crippen molar-refractivity contribution < 1.29 is 48.8 Å². The first-order chi connectivity index (χ1) is 18.9. The molecule has 0 spiro atoms. The fraction of sp³-hybridized carbons (Fsp3) is 0.556. The van der Waals surface area contributed by atoms with Gasteiger partial charge in [0, 0.05) is 13.0 Å². The van der Waals surface area contributed by atoms with Crippen LogP contribution in [0.3, 0.4) is 0 Å². The third-order valence-corrected chi connectivity index (χ3v) is 7.27. The van der Waals surface area contributed by atoms with E-state index in [9.17, 15) is 39.0 Å². The molecule has 0 aromatic heterocycles. The Labute approximate surface area is 232 Å². The molecule has 13 nitrogen and oxygen atoms in total. The number of benzene rings is 1. The van der Waals surface area contributed by atoms with Gasteiger partial charge in [0.05, 0.1) is 7.11 Å². The maximum absolute atomic E-state index is 13.5. The molecule has 40 heavy (non-hydrogen) atoms. The SMILES string of the molecule is CCC1(CC)C(=O)N([C@@H](CCCCNCc2ccc(OC)cc2)C(=O)O)C(=O)N([C@@H](CCC(=O)O)C(=O)O)C1=O. The number of hydrogen-bond donors (Lipinski definition) is 4. The van der Waals surface area contributed by atoms with Crippen molar-refractivity contribution in [3.05, 3.63) is 29.8 Å². The Morgan fingerprint density at radius 1 is 0.875 bits per heavy atom. The first kappa shape index (κ1) is 32.2. The van der Waals surface area contributed by atoms with Gasteiger partial charge in [-0.05, 0) is 62.8 Å². The van der Waals surface area contributed by atoms with E-state index in [1.807, 2.05) is 24.3 Å². The van der Waals surface area contributed by atoms with Gasteiger partial charge in [-0.3, -0.25) is 14.4 Å². The summed E-state index contributed by atoms with van der Waals surface area (Å²) >= 11 is 0. The number of unbranched alkanes of at least 4 members (excludes halogenated alkanes) is 1. The number of carbonyl (C=O) groups is 6. The molecule has 0 radical (unpaired) electrons. The average Bonchev–Trinajstić information content (AvgIpc) is 2.91. The molecule has 0 bridgehead atoms. The summed E-state index contributed by atoms with van der Waals surface area (Å²) < 4.78 is 5.12. The van der Waals surface area contributed by atoms with E-state index < -0.39 is 66.1 Å². The third-order valence-electron chi connectivity index (χ3n) is 7.27. The number of carboxylic acid groups (broad SMARTS) is 3. The molecule has 0 aliphatic carbocycles. The zero-order chi connectivity index (χ0) is 30.0. The number of nitrogens with zero attached hydrogens (tertiary/aromatic N) is 2. The molecule has 1 aliphatic rings. The number of amides is 4. The number of nitrogens with one attached hydrogen (secondary N) is 1. The van der Waals surface area contributed by atoms with E-state index in [0.717, 1.165) is 11.3 Å². The standard InChI is InChI=1S/C27H37N3O10/c1-4-27(5-2)24(37)29(26(39)30(25(27)38)20(23(35)36)13-14-21(31)32)19(22(33)34)8-6-7-15-28-16-17-9-11-18(40-3)12-10-17/h9-12,19-20,28H,4-8,13-16H2,1-3H3,(H,31,32)(H,33,34)(H,35,36)/t19-,20-/m0/s1. The minimum absolute atomic E-state index is 0.103. The van der Waals surface area contributed by atoms with Gasteiger partial charge >= 0.3 is 23.9 Å². The summed E-state index contributed by atoms with van der Waals surface area (Å²) in [7, 11) is 1.58. The Morgan fingerprint density at radius 2 is 1.40 bits per heavy atom. The summed E-state index contributed by atoms with van der Waals surface area (Å²) in [4.78, 5) is 76.7. The molecule has 2 atom stereocenters. The van der Waals surface area contributed by atoms with Crippen LogP contribution in [0.2, 0.25) is 0 Å². The van der Waals surface area contributed by atoms with Crippen LogP contribution in [0, 0.1) is 5.41 Å². The van der Waals surface area contributed by atoms with Crippen molar-refractivity contribution in [2.75, 3.05) is 13.7 Å². The van der Waals surface area contributed by atoms with E-state index in [1.165, 1.54) is 13.8 Å². The second kappa shape index (κ2) is 14.4. The van der Waals surface area contributed by atoms with Crippen molar-refractivity contribution in [1.29, 1.82) is 0 Å². The molecule has 1 aliphatic heterocycles. The van der Waals surface area contributed by atoms with E-state index in [4.69, 9.17) is 9.84 Å². The Hall–Kier alpha value is -4.00. The number of hydrogen-bond acceptors (Lipinski definition) is 8. The van der Waals surface area contributed by atoms with E-state index in [2.05, 4.69) is 5.32 Å². The topological polar surface area (TPSA) is 191 Å². The molecule has 1 fully saturated rings. The molecular formula is C27H37N3O10. The number of rotatable bonds is 17. The summed E-state index contributed by atoms with van der Waals surface area (Å²) in [5, 5.41) is 32.0. The number of aliphatic carboxylic acids is 3. The Balaban J connectivity index is 2.21. The molecule has 220 valence electrons.